The molecule has 1 aromatic carbocycles. The predicted molar refractivity (Wildman–Crippen MR) is 77.2 cm³/mol. The van der Waals surface area contributed by atoms with Crippen LogP contribution >= 0.6 is 0 Å². The number of Topliss-reactive ketones (excluding diaryl/α,β-unsaturated/α-hetero) is 1. The van der Waals surface area contributed by atoms with Crippen LogP contribution in [0.25, 0.3) is 0 Å². The quantitative estimate of drug-likeness (QED) is 0.825. The zero-order valence-electron chi connectivity index (χ0n) is 11.6. The Balaban J connectivity index is 1.48. The summed E-state index contributed by atoms with van der Waals surface area (Å²) < 4.78 is 0. The second kappa shape index (κ2) is 5.87. The minimum atomic E-state index is 0.371. The van der Waals surface area contributed by atoms with Crippen LogP contribution in [0.1, 0.15) is 43.6 Å². The van der Waals surface area contributed by atoms with Gasteiger partial charge in [0.25, 0.3) is 0 Å². The van der Waals surface area contributed by atoms with Gasteiger partial charge in [-0.1, -0.05) is 30.3 Å². The summed E-state index contributed by atoms with van der Waals surface area (Å²) in [6.45, 7) is 3.48. The summed E-state index contributed by atoms with van der Waals surface area (Å²) in [6, 6.07) is 10.8. The predicted octanol–water partition coefficient (Wildman–Crippen LogP) is 3.24. The third-order valence-corrected chi connectivity index (χ3v) is 4.77. The van der Waals surface area contributed by atoms with Gasteiger partial charge in [0.15, 0.2) is 0 Å². The molecule has 0 spiro atoms. The highest BCUT2D eigenvalue weighted by Gasteiger charge is 2.27. The van der Waals surface area contributed by atoms with Gasteiger partial charge in [0.05, 0.1) is 0 Å². The molecular weight excluding hydrogens is 234 g/mol. The van der Waals surface area contributed by atoms with E-state index in [1.54, 1.807) is 0 Å². The van der Waals surface area contributed by atoms with Crippen LogP contribution in [0.2, 0.25) is 0 Å². The van der Waals surface area contributed by atoms with Gasteiger partial charge in [-0.15, -0.1) is 0 Å². The Morgan fingerprint density at radius 1 is 1.16 bits per heavy atom. The maximum Gasteiger partial charge on any atom is 0.136 e. The first-order chi connectivity index (χ1) is 9.33. The lowest BCUT2D eigenvalue weighted by Gasteiger charge is -2.18. The fourth-order valence-corrected chi connectivity index (χ4v) is 3.56. The van der Waals surface area contributed by atoms with Gasteiger partial charge in [-0.2, -0.15) is 0 Å². The van der Waals surface area contributed by atoms with Crippen molar-refractivity contribution in [3.63, 3.8) is 0 Å². The molecule has 2 nitrogen and oxygen atoms in total. The van der Waals surface area contributed by atoms with Gasteiger partial charge in [-0.3, -0.25) is 4.79 Å². The second-order valence-electron chi connectivity index (χ2n) is 6.04. The number of carbonyl (C=O) groups excluding carboxylic acids is 1. The number of nitrogens with zero attached hydrogens (tertiary/aromatic N) is 1. The maximum atomic E-state index is 11.6. The van der Waals surface area contributed by atoms with E-state index in [0.717, 1.165) is 32.2 Å². The molecule has 1 aromatic rings. The van der Waals surface area contributed by atoms with Crippen LogP contribution < -0.4 is 0 Å². The number of hydrogen-bond acceptors (Lipinski definition) is 2. The van der Waals surface area contributed by atoms with Crippen molar-refractivity contribution in [2.24, 2.45) is 5.92 Å². The van der Waals surface area contributed by atoms with Gasteiger partial charge in [0.1, 0.15) is 5.78 Å². The van der Waals surface area contributed by atoms with Crippen molar-refractivity contribution in [3.8, 4) is 0 Å². The van der Waals surface area contributed by atoms with Crippen molar-refractivity contribution in [2.45, 2.75) is 38.0 Å². The van der Waals surface area contributed by atoms with Gasteiger partial charge >= 0.3 is 0 Å². The van der Waals surface area contributed by atoms with Gasteiger partial charge in [-0.05, 0) is 50.3 Å². The van der Waals surface area contributed by atoms with Gasteiger partial charge in [0, 0.05) is 18.9 Å². The lowest BCUT2D eigenvalue weighted by atomic mass is 9.99. The first-order valence-corrected chi connectivity index (χ1v) is 7.63. The van der Waals surface area contributed by atoms with Crippen LogP contribution in [0, 0.1) is 5.92 Å². The Bertz CT molecular complexity index is 428. The summed E-state index contributed by atoms with van der Waals surface area (Å²) in [5.41, 5.74) is 1.47. The fourth-order valence-electron chi connectivity index (χ4n) is 3.56. The van der Waals surface area contributed by atoms with E-state index in [1.807, 2.05) is 0 Å². The van der Waals surface area contributed by atoms with Gasteiger partial charge in [0.2, 0.25) is 0 Å². The van der Waals surface area contributed by atoms with Crippen molar-refractivity contribution < 1.29 is 4.79 Å². The monoisotopic (exact) mass is 257 g/mol. The van der Waals surface area contributed by atoms with Gasteiger partial charge in [-0.25, -0.2) is 0 Å². The van der Waals surface area contributed by atoms with Crippen LogP contribution in [0.15, 0.2) is 30.3 Å². The SMILES string of the molecule is O=C1CCCC1CCN1CCC(c2ccccc2)C1. The highest BCUT2D eigenvalue weighted by Crippen LogP contribution is 2.29. The Hall–Kier alpha value is -1.15. The molecule has 1 saturated heterocycles. The van der Waals surface area contributed by atoms with Crippen molar-refractivity contribution in [3.05, 3.63) is 35.9 Å². The standard InChI is InChI=1S/C17H23NO/c19-17-8-4-7-15(17)9-11-18-12-10-16(13-18)14-5-2-1-3-6-14/h1-3,5-6,15-16H,4,7-13H2. The Labute approximate surface area is 115 Å². The van der Waals surface area contributed by atoms with Crippen LogP contribution in [0.3, 0.4) is 0 Å². The first-order valence-electron chi connectivity index (χ1n) is 7.63. The molecule has 3 rings (SSSR count). The number of rotatable bonds is 4. The van der Waals surface area contributed by atoms with E-state index in [1.165, 1.54) is 25.1 Å². The topological polar surface area (TPSA) is 20.3 Å². The molecule has 2 atom stereocenters. The summed E-state index contributed by atoms with van der Waals surface area (Å²) in [7, 11) is 0. The minimum absolute atomic E-state index is 0.371. The van der Waals surface area contributed by atoms with E-state index in [9.17, 15) is 4.79 Å². The lowest BCUT2D eigenvalue weighted by Crippen LogP contribution is -2.24. The summed E-state index contributed by atoms with van der Waals surface area (Å²) in [5, 5.41) is 0. The number of likely N-dealkylation sites (tertiary alicyclic amines) is 1. The zero-order chi connectivity index (χ0) is 13.1. The average molecular weight is 257 g/mol. The van der Waals surface area contributed by atoms with E-state index in [0.29, 0.717) is 17.6 Å². The first kappa shape index (κ1) is 12.9. The second-order valence-corrected chi connectivity index (χ2v) is 6.04. The summed E-state index contributed by atoms with van der Waals surface area (Å²) in [6.07, 6.45) is 5.44. The largest absolute Gasteiger partial charge is 0.303 e. The third kappa shape index (κ3) is 3.06. The van der Waals surface area contributed by atoms with E-state index < -0.39 is 0 Å². The van der Waals surface area contributed by atoms with E-state index >= 15 is 0 Å². The average Bonchev–Trinajstić information content (AvgIpc) is 3.06. The van der Waals surface area contributed by atoms with E-state index in [4.69, 9.17) is 0 Å². The molecule has 0 bridgehead atoms. The van der Waals surface area contributed by atoms with Crippen LogP contribution in [-0.4, -0.2) is 30.3 Å². The number of carbonyl (C=O) groups is 1. The lowest BCUT2D eigenvalue weighted by molar-refractivity contribution is -0.120. The molecule has 1 saturated carbocycles. The van der Waals surface area contributed by atoms with E-state index in [2.05, 4.69) is 35.2 Å². The number of ketones is 1. The molecule has 0 N–H and O–H groups in total. The fraction of sp³-hybridized carbons (Fsp3) is 0.588. The molecule has 1 aliphatic carbocycles. The van der Waals surface area contributed by atoms with Crippen LogP contribution in [0.5, 0.6) is 0 Å². The molecular formula is C17H23NO. The van der Waals surface area contributed by atoms with Crippen molar-refractivity contribution in [2.75, 3.05) is 19.6 Å². The normalized spacial score (nSPS) is 28.1. The maximum absolute atomic E-state index is 11.6. The molecule has 0 amide bonds. The molecule has 2 fully saturated rings. The molecule has 19 heavy (non-hydrogen) atoms. The Morgan fingerprint density at radius 2 is 2.00 bits per heavy atom. The summed E-state index contributed by atoms with van der Waals surface area (Å²) in [5.74, 6) is 1.58. The van der Waals surface area contributed by atoms with Gasteiger partial charge < -0.3 is 4.90 Å². The molecule has 2 unspecified atom stereocenters. The van der Waals surface area contributed by atoms with Crippen molar-refractivity contribution >= 4 is 5.78 Å². The molecule has 2 aliphatic rings. The van der Waals surface area contributed by atoms with Crippen LogP contribution in [-0.2, 0) is 4.79 Å². The molecule has 0 aromatic heterocycles. The molecule has 1 aliphatic heterocycles. The highest BCUT2D eigenvalue weighted by atomic mass is 16.1. The van der Waals surface area contributed by atoms with Crippen LogP contribution in [0.4, 0.5) is 0 Å². The van der Waals surface area contributed by atoms with E-state index in [-0.39, 0.29) is 0 Å². The Kier molecular flexibility index (Phi) is 3.97. The smallest absolute Gasteiger partial charge is 0.136 e. The Morgan fingerprint density at radius 3 is 2.74 bits per heavy atom. The van der Waals surface area contributed by atoms with Crippen molar-refractivity contribution in [1.29, 1.82) is 0 Å². The van der Waals surface area contributed by atoms with Crippen molar-refractivity contribution in [1.82, 2.24) is 4.90 Å². The third-order valence-electron chi connectivity index (χ3n) is 4.77. The molecule has 1 heterocycles. The number of benzene rings is 1. The summed E-state index contributed by atoms with van der Waals surface area (Å²) >= 11 is 0. The zero-order valence-corrected chi connectivity index (χ0v) is 11.6. The summed E-state index contributed by atoms with van der Waals surface area (Å²) in [4.78, 5) is 14.2. The molecule has 0 radical (unpaired) electrons. The number of hydrogen-bond donors (Lipinski definition) is 0. The molecule has 2 heteroatoms. The minimum Gasteiger partial charge on any atom is -0.303 e. The molecule has 102 valence electrons. The highest BCUT2D eigenvalue weighted by molar-refractivity contribution is 5.82.